The Morgan fingerprint density at radius 1 is 0.443 bits per heavy atom. The lowest BCUT2D eigenvalue weighted by Crippen LogP contribution is -2.28. The molecule has 0 aromatic heterocycles. The van der Waals surface area contributed by atoms with E-state index in [0.29, 0.717) is 0 Å². The van der Waals surface area contributed by atoms with Crippen molar-refractivity contribution >= 4 is 23.1 Å². The quantitative estimate of drug-likeness (QED) is 0.146. The maximum Gasteiger partial charge on any atom is 0.0713 e. The van der Waals surface area contributed by atoms with Gasteiger partial charge in [0.1, 0.15) is 0 Å². The number of nitrogens with zero attached hydrogens (tertiary/aromatic N) is 1. The van der Waals surface area contributed by atoms with Crippen molar-refractivity contribution < 1.29 is 0 Å². The topological polar surface area (TPSA) is 3.24 Å². The molecule has 3 aliphatic rings. The van der Waals surface area contributed by atoms with Crippen LogP contribution in [0.2, 0.25) is 0 Å². The van der Waals surface area contributed by atoms with Crippen LogP contribution in [0.4, 0.5) is 17.1 Å². The summed E-state index contributed by atoms with van der Waals surface area (Å²) in [6, 6.07) is 66.2. The van der Waals surface area contributed by atoms with Gasteiger partial charge in [0.05, 0.1) is 11.1 Å². The van der Waals surface area contributed by atoms with Crippen molar-refractivity contribution in [2.45, 2.75) is 50.9 Å². The molecule has 294 valence electrons. The van der Waals surface area contributed by atoms with Gasteiger partial charge < -0.3 is 4.90 Å². The average Bonchev–Trinajstić information content (AvgIpc) is 3.82. The van der Waals surface area contributed by atoms with Gasteiger partial charge in [0.25, 0.3) is 0 Å². The summed E-state index contributed by atoms with van der Waals surface area (Å²) in [5, 5.41) is 0. The van der Waals surface area contributed by atoms with Gasteiger partial charge in [-0.2, -0.15) is 0 Å². The first kappa shape index (κ1) is 37.1. The molecule has 3 aliphatic carbocycles. The molecule has 0 saturated heterocycles. The Balaban J connectivity index is 1.19. The van der Waals surface area contributed by atoms with E-state index in [2.05, 4.69) is 234 Å². The molecule has 0 fully saturated rings. The third-order valence-corrected chi connectivity index (χ3v) is 14.3. The molecule has 0 spiro atoms. The predicted octanol–water partition coefficient (Wildman–Crippen LogP) is 15.6. The minimum atomic E-state index is -0.475. The molecule has 0 aliphatic heterocycles. The van der Waals surface area contributed by atoms with Crippen LogP contribution >= 0.6 is 0 Å². The monoisotopic (exact) mass is 783 g/mol. The molecule has 1 nitrogen and oxygen atoms in total. The van der Waals surface area contributed by atoms with Crippen LogP contribution in [0.3, 0.4) is 0 Å². The van der Waals surface area contributed by atoms with Crippen molar-refractivity contribution in [2.24, 2.45) is 0 Å². The first-order chi connectivity index (χ1) is 29.7. The Hall–Kier alpha value is -6.96. The van der Waals surface area contributed by atoms with Gasteiger partial charge in [-0.1, -0.05) is 198 Å². The number of hydrogen-bond donors (Lipinski definition) is 0. The molecule has 0 atom stereocenters. The SMILES string of the molecule is C=C/C=C\c1cc2c(c(N(c3ccc(C4(c5ccccc5)c5ccccc5-c5ccccc54)cc3)c3ccc4c(c3)C(C)(C)c3ccccc3-4)c1C)-c1ccccc1C2(C)C. The summed E-state index contributed by atoms with van der Waals surface area (Å²) in [4.78, 5) is 2.56. The van der Waals surface area contributed by atoms with Crippen LogP contribution in [0, 0.1) is 6.92 Å². The van der Waals surface area contributed by atoms with E-state index in [9.17, 15) is 0 Å². The summed E-state index contributed by atoms with van der Waals surface area (Å²) in [5.74, 6) is 0. The van der Waals surface area contributed by atoms with Crippen molar-refractivity contribution in [3.8, 4) is 33.4 Å². The van der Waals surface area contributed by atoms with E-state index in [1.54, 1.807) is 0 Å². The maximum atomic E-state index is 4.05. The zero-order valence-electron chi connectivity index (χ0n) is 35.6. The molecule has 1 heteroatoms. The minimum absolute atomic E-state index is 0.150. The molecule has 0 amide bonds. The van der Waals surface area contributed by atoms with Gasteiger partial charge in [0.15, 0.2) is 0 Å². The van der Waals surface area contributed by atoms with Crippen LogP contribution in [0.5, 0.6) is 0 Å². The molecule has 0 heterocycles. The van der Waals surface area contributed by atoms with Crippen LogP contribution in [-0.4, -0.2) is 0 Å². The second kappa shape index (κ2) is 13.5. The largest absolute Gasteiger partial charge is 0.310 e. The molecule has 0 saturated carbocycles. The van der Waals surface area contributed by atoms with Crippen molar-refractivity contribution in [3.05, 3.63) is 250 Å². The summed E-state index contributed by atoms with van der Waals surface area (Å²) >= 11 is 0. The highest BCUT2D eigenvalue weighted by atomic mass is 15.1. The molecule has 8 aromatic carbocycles. The molecular weight excluding hydrogens is 735 g/mol. The van der Waals surface area contributed by atoms with Gasteiger partial charge in [-0.3, -0.25) is 0 Å². The van der Waals surface area contributed by atoms with E-state index >= 15 is 0 Å². The van der Waals surface area contributed by atoms with Gasteiger partial charge in [0.2, 0.25) is 0 Å². The predicted molar refractivity (Wildman–Crippen MR) is 258 cm³/mol. The number of allylic oxidation sites excluding steroid dienone is 2. The smallest absolute Gasteiger partial charge is 0.0713 e. The maximum absolute atomic E-state index is 4.05. The Labute approximate surface area is 361 Å². The van der Waals surface area contributed by atoms with Crippen LogP contribution in [0.1, 0.15) is 83.3 Å². The molecule has 0 unspecified atom stereocenters. The van der Waals surface area contributed by atoms with E-state index in [0.717, 1.165) is 11.4 Å². The molecule has 0 radical (unpaired) electrons. The highest BCUT2D eigenvalue weighted by Gasteiger charge is 2.46. The minimum Gasteiger partial charge on any atom is -0.310 e. The fraction of sp³-hybridized carbons (Fsp3) is 0.133. The molecule has 8 aromatic rings. The van der Waals surface area contributed by atoms with Gasteiger partial charge in [-0.05, 0) is 121 Å². The Kier molecular flexibility index (Phi) is 8.22. The first-order valence-corrected chi connectivity index (χ1v) is 21.6. The van der Waals surface area contributed by atoms with E-state index in [1.807, 2.05) is 6.08 Å². The molecule has 0 bridgehead atoms. The average molecular weight is 784 g/mol. The van der Waals surface area contributed by atoms with Crippen LogP contribution in [0.25, 0.3) is 39.5 Å². The van der Waals surface area contributed by atoms with E-state index in [-0.39, 0.29) is 10.8 Å². The highest BCUT2D eigenvalue weighted by Crippen LogP contribution is 2.59. The summed E-state index contributed by atoms with van der Waals surface area (Å²) in [5.41, 5.74) is 23.6. The lowest BCUT2D eigenvalue weighted by Gasteiger charge is -2.35. The third-order valence-electron chi connectivity index (χ3n) is 14.3. The lowest BCUT2D eigenvalue weighted by atomic mass is 9.67. The Bertz CT molecular complexity index is 3060. The second-order valence-electron chi connectivity index (χ2n) is 18.1. The molecular formula is C60H49N. The summed E-state index contributed by atoms with van der Waals surface area (Å²) in [6.45, 7) is 15.9. The van der Waals surface area contributed by atoms with Crippen LogP contribution in [-0.2, 0) is 16.2 Å². The number of rotatable bonds is 7. The van der Waals surface area contributed by atoms with Crippen molar-refractivity contribution in [2.75, 3.05) is 4.90 Å². The summed E-state index contributed by atoms with van der Waals surface area (Å²) < 4.78 is 0. The fourth-order valence-electron chi connectivity index (χ4n) is 11.4. The van der Waals surface area contributed by atoms with E-state index in [4.69, 9.17) is 0 Å². The normalized spacial score (nSPS) is 15.4. The van der Waals surface area contributed by atoms with E-state index < -0.39 is 5.41 Å². The van der Waals surface area contributed by atoms with Gasteiger partial charge in [-0.15, -0.1) is 0 Å². The zero-order chi connectivity index (χ0) is 41.7. The number of fused-ring (bicyclic) bond motifs is 9. The summed E-state index contributed by atoms with van der Waals surface area (Å²) in [7, 11) is 0. The van der Waals surface area contributed by atoms with Crippen LogP contribution in [0.15, 0.2) is 195 Å². The number of hydrogen-bond acceptors (Lipinski definition) is 1. The lowest BCUT2D eigenvalue weighted by molar-refractivity contribution is 0.660. The van der Waals surface area contributed by atoms with Gasteiger partial charge >= 0.3 is 0 Å². The fourth-order valence-corrected chi connectivity index (χ4v) is 11.4. The second-order valence-corrected chi connectivity index (χ2v) is 18.1. The first-order valence-electron chi connectivity index (χ1n) is 21.6. The zero-order valence-corrected chi connectivity index (χ0v) is 35.6. The Morgan fingerprint density at radius 2 is 0.918 bits per heavy atom. The number of anilines is 3. The molecule has 0 N–H and O–H groups in total. The summed E-state index contributed by atoms with van der Waals surface area (Å²) in [6.07, 6.45) is 6.18. The van der Waals surface area contributed by atoms with Crippen molar-refractivity contribution in [1.29, 1.82) is 0 Å². The molecule has 61 heavy (non-hydrogen) atoms. The van der Waals surface area contributed by atoms with Crippen molar-refractivity contribution in [1.82, 2.24) is 0 Å². The van der Waals surface area contributed by atoms with Gasteiger partial charge in [-0.25, -0.2) is 0 Å². The standard InChI is InChI=1S/C60H49N/c1-7-8-20-40-37-55-56(49-26-15-17-28-51(49)59(55,5)6)57(39(40)2)61(44-35-36-48-45-23-12-16-27-50(45)58(3,4)54(48)38-44)43-33-31-42(32-34-43)60(41-21-10-9-11-22-41)52-29-18-13-24-46(52)47-25-14-19-30-53(47)60/h7-38H,1H2,2-6H3/b20-8-. The van der Waals surface area contributed by atoms with Crippen LogP contribution < -0.4 is 4.90 Å². The van der Waals surface area contributed by atoms with E-state index in [1.165, 1.54) is 94.7 Å². The molecule has 11 rings (SSSR count). The van der Waals surface area contributed by atoms with Gasteiger partial charge in [0, 0.05) is 27.8 Å². The number of benzene rings is 8. The Morgan fingerprint density at radius 3 is 1.54 bits per heavy atom. The highest BCUT2D eigenvalue weighted by molar-refractivity contribution is 5.99. The van der Waals surface area contributed by atoms with Crippen molar-refractivity contribution in [3.63, 3.8) is 0 Å². The third kappa shape index (κ3) is 5.13.